The van der Waals surface area contributed by atoms with Crippen LogP contribution in [-0.2, 0) is 19.6 Å². The molecule has 0 radical (unpaired) electrons. The summed E-state index contributed by atoms with van der Waals surface area (Å²) in [7, 11) is -3.78. The van der Waals surface area contributed by atoms with Crippen molar-refractivity contribution in [3.8, 4) is 5.75 Å². The van der Waals surface area contributed by atoms with Gasteiger partial charge in [0.05, 0.1) is 17.0 Å². The lowest BCUT2D eigenvalue weighted by molar-refractivity contribution is -0.137. The molecule has 8 nitrogen and oxygen atoms in total. The van der Waals surface area contributed by atoms with Crippen molar-refractivity contribution in [3.63, 3.8) is 0 Å². The Labute approximate surface area is 179 Å². The summed E-state index contributed by atoms with van der Waals surface area (Å²) in [6, 6.07) is 11.7. The smallest absolute Gasteiger partial charge is 0.266 e. The summed E-state index contributed by atoms with van der Waals surface area (Å²) in [5, 5.41) is 2.73. The molecule has 1 fully saturated rings. The second kappa shape index (κ2) is 8.64. The second-order valence-electron chi connectivity index (χ2n) is 7.39. The van der Waals surface area contributed by atoms with E-state index in [9.17, 15) is 22.4 Å². The monoisotopic (exact) mass is 447 g/mol. The quantitative estimate of drug-likeness (QED) is 0.772. The van der Waals surface area contributed by atoms with Crippen molar-refractivity contribution < 1.29 is 27.1 Å². The first-order chi connectivity index (χ1) is 14.8. The third-order valence-corrected chi connectivity index (χ3v) is 7.24. The second-order valence-corrected chi connectivity index (χ2v) is 9.33. The molecule has 1 atom stereocenters. The van der Waals surface area contributed by atoms with Gasteiger partial charge in [-0.15, -0.1) is 0 Å². The van der Waals surface area contributed by atoms with Crippen LogP contribution in [0.3, 0.4) is 0 Å². The number of hydrogen-bond acceptors (Lipinski definition) is 5. The van der Waals surface area contributed by atoms with Gasteiger partial charge in [-0.05, 0) is 42.8 Å². The fourth-order valence-corrected chi connectivity index (χ4v) is 5.12. The van der Waals surface area contributed by atoms with Crippen LogP contribution < -0.4 is 10.1 Å². The molecule has 0 bridgehead atoms. The molecule has 164 valence electrons. The molecule has 1 saturated heterocycles. The number of carbonyl (C=O) groups is 2. The number of para-hydroxylation sites is 2. The van der Waals surface area contributed by atoms with Crippen LogP contribution in [0.15, 0.2) is 53.4 Å². The molecule has 0 unspecified atom stereocenters. The van der Waals surface area contributed by atoms with Crippen LogP contribution in [0.5, 0.6) is 5.75 Å². The van der Waals surface area contributed by atoms with Crippen molar-refractivity contribution in [2.75, 3.05) is 31.5 Å². The van der Waals surface area contributed by atoms with Gasteiger partial charge in [0.25, 0.3) is 5.91 Å². The highest BCUT2D eigenvalue weighted by atomic mass is 32.2. The molecule has 0 aliphatic carbocycles. The number of fused-ring (bicyclic) bond motifs is 1. The standard InChI is InChI=1S/C21H22FN3O5S/c22-15-6-8-16(9-7-15)31(28,29)25-11-3-10-24(12-13-25)20(26)14-19-21(27)23-17-4-1-2-5-18(17)30-19/h1-2,4-9,19H,3,10-14H2,(H,23,27)/t19-/m0/s1. The SMILES string of the molecule is O=C1Nc2ccccc2O[C@H]1CC(=O)N1CCCN(S(=O)(=O)c2ccc(F)cc2)CC1. The maximum absolute atomic E-state index is 13.1. The number of anilines is 1. The third kappa shape index (κ3) is 4.54. The first-order valence-electron chi connectivity index (χ1n) is 9.94. The molecule has 2 aliphatic heterocycles. The maximum atomic E-state index is 13.1. The molecule has 0 aromatic heterocycles. The molecular weight excluding hydrogens is 425 g/mol. The van der Waals surface area contributed by atoms with E-state index >= 15 is 0 Å². The van der Waals surface area contributed by atoms with Crippen LogP contribution in [0.1, 0.15) is 12.8 Å². The van der Waals surface area contributed by atoms with E-state index in [2.05, 4.69) is 5.32 Å². The Morgan fingerprint density at radius 2 is 1.81 bits per heavy atom. The highest BCUT2D eigenvalue weighted by molar-refractivity contribution is 7.89. The molecule has 0 saturated carbocycles. The normalized spacial score (nSPS) is 19.7. The fourth-order valence-electron chi connectivity index (χ4n) is 3.65. The number of nitrogens with one attached hydrogen (secondary N) is 1. The van der Waals surface area contributed by atoms with Crippen molar-refractivity contribution >= 4 is 27.5 Å². The maximum Gasteiger partial charge on any atom is 0.266 e. The number of rotatable bonds is 4. The topological polar surface area (TPSA) is 96.0 Å². The Kier molecular flexibility index (Phi) is 5.92. The highest BCUT2D eigenvalue weighted by Gasteiger charge is 2.33. The number of ether oxygens (including phenoxy) is 1. The highest BCUT2D eigenvalue weighted by Crippen LogP contribution is 2.30. The summed E-state index contributed by atoms with van der Waals surface area (Å²) in [5.41, 5.74) is 0.563. The largest absolute Gasteiger partial charge is 0.478 e. The van der Waals surface area contributed by atoms with Crippen molar-refractivity contribution in [2.24, 2.45) is 0 Å². The fraction of sp³-hybridized carbons (Fsp3) is 0.333. The molecule has 1 N–H and O–H groups in total. The first-order valence-corrected chi connectivity index (χ1v) is 11.4. The summed E-state index contributed by atoms with van der Waals surface area (Å²) < 4.78 is 45.8. The Balaban J connectivity index is 1.39. The predicted molar refractivity (Wildman–Crippen MR) is 110 cm³/mol. The number of amides is 2. The van der Waals surface area contributed by atoms with Crippen LogP contribution in [0.2, 0.25) is 0 Å². The zero-order chi connectivity index (χ0) is 22.0. The van der Waals surface area contributed by atoms with Crippen LogP contribution in [0, 0.1) is 5.82 Å². The number of nitrogens with zero attached hydrogens (tertiary/aromatic N) is 2. The molecule has 31 heavy (non-hydrogen) atoms. The molecule has 10 heteroatoms. The van der Waals surface area contributed by atoms with Gasteiger partial charge >= 0.3 is 0 Å². The van der Waals surface area contributed by atoms with Gasteiger partial charge in [0.15, 0.2) is 6.10 Å². The zero-order valence-electron chi connectivity index (χ0n) is 16.7. The van der Waals surface area contributed by atoms with E-state index in [1.807, 2.05) is 0 Å². The van der Waals surface area contributed by atoms with Crippen molar-refractivity contribution in [2.45, 2.75) is 23.8 Å². The van der Waals surface area contributed by atoms with E-state index in [1.165, 1.54) is 16.4 Å². The minimum absolute atomic E-state index is 0.0135. The van der Waals surface area contributed by atoms with Crippen LogP contribution >= 0.6 is 0 Å². The van der Waals surface area contributed by atoms with Gasteiger partial charge in [-0.3, -0.25) is 9.59 Å². The molecule has 4 rings (SSSR count). The number of benzene rings is 2. The van der Waals surface area contributed by atoms with Crippen LogP contribution in [-0.4, -0.2) is 61.7 Å². The van der Waals surface area contributed by atoms with E-state index in [0.29, 0.717) is 24.4 Å². The Bertz CT molecular complexity index is 1090. The Morgan fingerprint density at radius 1 is 1.06 bits per heavy atom. The molecular formula is C21H22FN3O5S. The average Bonchev–Trinajstić information content (AvgIpc) is 3.01. The summed E-state index contributed by atoms with van der Waals surface area (Å²) in [6.07, 6.45) is -0.623. The number of hydrogen-bond donors (Lipinski definition) is 1. The van der Waals surface area contributed by atoms with E-state index < -0.39 is 21.9 Å². The van der Waals surface area contributed by atoms with E-state index in [1.54, 1.807) is 29.2 Å². The van der Waals surface area contributed by atoms with Crippen LogP contribution in [0.25, 0.3) is 0 Å². The van der Waals surface area contributed by atoms with Crippen molar-refractivity contribution in [3.05, 3.63) is 54.3 Å². The molecule has 2 aliphatic rings. The van der Waals surface area contributed by atoms with Crippen LogP contribution in [0.4, 0.5) is 10.1 Å². The Hall–Kier alpha value is -2.98. The van der Waals surface area contributed by atoms with Crippen molar-refractivity contribution in [1.29, 1.82) is 0 Å². The minimum atomic E-state index is -3.78. The zero-order valence-corrected chi connectivity index (χ0v) is 17.5. The molecule has 2 amide bonds. The molecule has 2 heterocycles. The average molecular weight is 447 g/mol. The molecule has 0 spiro atoms. The van der Waals surface area contributed by atoms with Gasteiger partial charge in [0.2, 0.25) is 15.9 Å². The minimum Gasteiger partial charge on any atom is -0.478 e. The third-order valence-electron chi connectivity index (χ3n) is 5.33. The lowest BCUT2D eigenvalue weighted by Gasteiger charge is -2.28. The summed E-state index contributed by atoms with van der Waals surface area (Å²) >= 11 is 0. The van der Waals surface area contributed by atoms with E-state index in [4.69, 9.17) is 4.74 Å². The Morgan fingerprint density at radius 3 is 2.58 bits per heavy atom. The van der Waals surface area contributed by atoms with E-state index in [0.717, 1.165) is 12.1 Å². The lowest BCUT2D eigenvalue weighted by atomic mass is 10.1. The first kappa shape index (κ1) is 21.3. The lowest BCUT2D eigenvalue weighted by Crippen LogP contribution is -2.43. The van der Waals surface area contributed by atoms with Gasteiger partial charge in [0, 0.05) is 26.2 Å². The molecule has 2 aromatic rings. The van der Waals surface area contributed by atoms with Crippen molar-refractivity contribution in [1.82, 2.24) is 9.21 Å². The summed E-state index contributed by atoms with van der Waals surface area (Å²) in [5.74, 6) is -0.668. The van der Waals surface area contributed by atoms with Gasteiger partial charge < -0.3 is 15.0 Å². The number of sulfonamides is 1. The van der Waals surface area contributed by atoms with Gasteiger partial charge in [-0.2, -0.15) is 4.31 Å². The molecule has 2 aromatic carbocycles. The number of halogens is 1. The predicted octanol–water partition coefficient (Wildman–Crippen LogP) is 1.84. The van der Waals surface area contributed by atoms with E-state index in [-0.39, 0.29) is 42.8 Å². The summed E-state index contributed by atoms with van der Waals surface area (Å²) in [4.78, 5) is 26.6. The van der Waals surface area contributed by atoms with Gasteiger partial charge in [-0.1, -0.05) is 12.1 Å². The van der Waals surface area contributed by atoms with Gasteiger partial charge in [-0.25, -0.2) is 12.8 Å². The van der Waals surface area contributed by atoms with Gasteiger partial charge in [0.1, 0.15) is 11.6 Å². The summed E-state index contributed by atoms with van der Waals surface area (Å²) in [6.45, 7) is 0.937. The number of carbonyl (C=O) groups excluding carboxylic acids is 2.